The van der Waals surface area contributed by atoms with E-state index in [9.17, 15) is 14.9 Å². The van der Waals surface area contributed by atoms with Gasteiger partial charge in [-0.15, -0.1) is 0 Å². The highest BCUT2D eigenvalue weighted by Gasteiger charge is 2.26. The minimum Gasteiger partial charge on any atom is -0.496 e. The lowest BCUT2D eigenvalue weighted by Gasteiger charge is -2.16. The molecule has 2 aromatic heterocycles. The quantitative estimate of drug-likeness (QED) is 0.358. The first-order chi connectivity index (χ1) is 18.8. The minimum absolute atomic E-state index is 0.0205. The zero-order valence-electron chi connectivity index (χ0n) is 22.2. The second-order valence-corrected chi connectivity index (χ2v) is 9.61. The minimum atomic E-state index is -0.151. The molecule has 2 amide bonds. The van der Waals surface area contributed by atoms with Crippen LogP contribution in [0.15, 0.2) is 59.1 Å². The van der Waals surface area contributed by atoms with E-state index < -0.39 is 0 Å². The van der Waals surface area contributed by atoms with Gasteiger partial charge in [0.25, 0.3) is 5.91 Å². The molecule has 0 spiro atoms. The summed E-state index contributed by atoms with van der Waals surface area (Å²) in [6.07, 6.45) is 2.26. The number of hydrogen-bond acceptors (Lipinski definition) is 7. The van der Waals surface area contributed by atoms with Gasteiger partial charge < -0.3 is 23.7 Å². The number of nitriles is 1. The second kappa shape index (κ2) is 10.5. The maximum absolute atomic E-state index is 12.4. The molecule has 1 atom stereocenters. The summed E-state index contributed by atoms with van der Waals surface area (Å²) in [4.78, 5) is 31.8. The number of methoxy groups -OCH3 is 1. The number of hydrogen-bond donors (Lipinski definition) is 0. The SMILES string of the molecule is COc1cc(C(=O)N(C)C)ccc1-c1cc2nccc(-c3ccc(OC4CCN(C(C)=O)C4)c(C#N)c3)c2o1. The summed E-state index contributed by atoms with van der Waals surface area (Å²) >= 11 is 0. The van der Waals surface area contributed by atoms with Crippen LogP contribution in [-0.4, -0.2) is 67.0 Å². The Balaban J connectivity index is 1.48. The number of pyridine rings is 1. The van der Waals surface area contributed by atoms with Crippen molar-refractivity contribution in [3.05, 3.63) is 65.9 Å². The fourth-order valence-corrected chi connectivity index (χ4v) is 4.76. The molecule has 1 saturated heterocycles. The number of rotatable bonds is 6. The number of carbonyl (C=O) groups excluding carboxylic acids is 2. The number of aromatic nitrogens is 1. The average molecular weight is 525 g/mol. The van der Waals surface area contributed by atoms with Gasteiger partial charge in [-0.2, -0.15) is 5.26 Å². The number of carbonyl (C=O) groups is 2. The molecule has 1 aliphatic heterocycles. The van der Waals surface area contributed by atoms with Crippen LogP contribution in [0.4, 0.5) is 0 Å². The van der Waals surface area contributed by atoms with E-state index in [4.69, 9.17) is 13.9 Å². The molecule has 9 heteroatoms. The molecule has 4 aromatic rings. The fraction of sp³-hybridized carbons (Fsp3) is 0.267. The van der Waals surface area contributed by atoms with E-state index in [1.165, 1.54) is 4.90 Å². The van der Waals surface area contributed by atoms with Gasteiger partial charge in [-0.05, 0) is 42.0 Å². The Morgan fingerprint density at radius 1 is 1.10 bits per heavy atom. The zero-order valence-corrected chi connectivity index (χ0v) is 22.2. The molecule has 3 heterocycles. The van der Waals surface area contributed by atoms with Crippen molar-refractivity contribution in [1.29, 1.82) is 5.26 Å². The largest absolute Gasteiger partial charge is 0.496 e. The van der Waals surface area contributed by atoms with Gasteiger partial charge in [0, 0.05) is 57.4 Å². The highest BCUT2D eigenvalue weighted by Crippen LogP contribution is 2.38. The number of ether oxygens (including phenoxy) is 2. The monoisotopic (exact) mass is 524 g/mol. The fourth-order valence-electron chi connectivity index (χ4n) is 4.76. The first-order valence-electron chi connectivity index (χ1n) is 12.5. The lowest BCUT2D eigenvalue weighted by Crippen LogP contribution is -2.28. The molecule has 0 aliphatic carbocycles. The van der Waals surface area contributed by atoms with Crippen LogP contribution in [0.1, 0.15) is 29.3 Å². The standard InChI is InChI=1S/C30H28N4O5/c1-18(35)34-12-10-22(17-34)38-26-8-6-19(13-21(26)16-31)23-9-11-32-25-15-28(39-29(23)25)24-7-5-20(14-27(24)37-4)30(36)33(2)3/h5-9,11,13-15,22H,10,12,17H2,1-4H3. The topological polar surface area (TPSA) is 109 Å². The first-order valence-corrected chi connectivity index (χ1v) is 12.5. The molecule has 39 heavy (non-hydrogen) atoms. The van der Waals surface area contributed by atoms with E-state index in [1.807, 2.05) is 18.2 Å². The van der Waals surface area contributed by atoms with E-state index in [0.717, 1.165) is 17.5 Å². The van der Waals surface area contributed by atoms with Gasteiger partial charge >= 0.3 is 0 Å². The van der Waals surface area contributed by atoms with Crippen LogP contribution in [-0.2, 0) is 4.79 Å². The van der Waals surface area contributed by atoms with Crippen molar-refractivity contribution in [2.75, 3.05) is 34.3 Å². The molecule has 5 rings (SSSR count). The van der Waals surface area contributed by atoms with Gasteiger partial charge in [0.05, 0.1) is 24.8 Å². The molecule has 2 aromatic carbocycles. The van der Waals surface area contributed by atoms with Crippen LogP contribution in [0, 0.1) is 11.3 Å². The van der Waals surface area contributed by atoms with Gasteiger partial charge in [-0.3, -0.25) is 14.6 Å². The Hall–Kier alpha value is -4.84. The van der Waals surface area contributed by atoms with Crippen LogP contribution in [0.3, 0.4) is 0 Å². The van der Waals surface area contributed by atoms with Crippen LogP contribution in [0.2, 0.25) is 0 Å². The smallest absolute Gasteiger partial charge is 0.253 e. The normalized spacial score (nSPS) is 14.7. The first kappa shape index (κ1) is 25.8. The molecule has 0 bridgehead atoms. The summed E-state index contributed by atoms with van der Waals surface area (Å²) in [5.74, 6) is 1.43. The van der Waals surface area contributed by atoms with E-state index in [0.29, 0.717) is 58.1 Å². The van der Waals surface area contributed by atoms with E-state index >= 15 is 0 Å². The average Bonchev–Trinajstić information content (AvgIpc) is 3.60. The van der Waals surface area contributed by atoms with Gasteiger partial charge in [0.2, 0.25) is 5.91 Å². The summed E-state index contributed by atoms with van der Waals surface area (Å²) in [6, 6.07) is 16.6. The second-order valence-electron chi connectivity index (χ2n) is 9.61. The van der Waals surface area contributed by atoms with E-state index in [-0.39, 0.29) is 17.9 Å². The number of amides is 2. The Morgan fingerprint density at radius 3 is 2.62 bits per heavy atom. The number of fused-ring (bicyclic) bond motifs is 1. The van der Waals surface area contributed by atoms with Crippen molar-refractivity contribution >= 4 is 22.9 Å². The summed E-state index contributed by atoms with van der Waals surface area (Å²) in [5, 5.41) is 9.85. The van der Waals surface area contributed by atoms with Crippen LogP contribution in [0.25, 0.3) is 33.6 Å². The highest BCUT2D eigenvalue weighted by molar-refractivity contribution is 5.96. The van der Waals surface area contributed by atoms with Crippen molar-refractivity contribution in [2.24, 2.45) is 0 Å². The van der Waals surface area contributed by atoms with Crippen molar-refractivity contribution in [2.45, 2.75) is 19.4 Å². The predicted octanol–water partition coefficient (Wildman–Crippen LogP) is 4.74. The van der Waals surface area contributed by atoms with Gasteiger partial charge in [0.1, 0.15) is 34.9 Å². The van der Waals surface area contributed by atoms with Gasteiger partial charge in [0.15, 0.2) is 5.58 Å². The van der Waals surface area contributed by atoms with Crippen LogP contribution in [0.5, 0.6) is 11.5 Å². The maximum atomic E-state index is 12.4. The van der Waals surface area contributed by atoms with Crippen molar-refractivity contribution in [3.8, 4) is 40.0 Å². The molecule has 0 radical (unpaired) electrons. The lowest BCUT2D eigenvalue weighted by molar-refractivity contribution is -0.128. The van der Waals surface area contributed by atoms with Gasteiger partial charge in [-0.25, -0.2) is 0 Å². The summed E-state index contributed by atoms with van der Waals surface area (Å²) in [6.45, 7) is 2.70. The molecule has 0 saturated carbocycles. The van der Waals surface area contributed by atoms with Crippen LogP contribution >= 0.6 is 0 Å². The number of likely N-dealkylation sites (tertiary alicyclic amines) is 1. The maximum Gasteiger partial charge on any atom is 0.253 e. The molecule has 9 nitrogen and oxygen atoms in total. The number of benzene rings is 2. The summed E-state index contributed by atoms with van der Waals surface area (Å²) in [5.41, 5.74) is 4.36. The van der Waals surface area contributed by atoms with Crippen molar-refractivity contribution in [1.82, 2.24) is 14.8 Å². The number of nitrogens with zero attached hydrogens (tertiary/aromatic N) is 4. The Labute approximate surface area is 226 Å². The predicted molar refractivity (Wildman–Crippen MR) is 145 cm³/mol. The van der Waals surface area contributed by atoms with Crippen molar-refractivity contribution < 1.29 is 23.5 Å². The molecule has 1 unspecified atom stereocenters. The Bertz CT molecular complexity index is 1620. The Kier molecular flexibility index (Phi) is 6.94. The highest BCUT2D eigenvalue weighted by atomic mass is 16.5. The third kappa shape index (κ3) is 5.01. The van der Waals surface area contributed by atoms with Crippen LogP contribution < -0.4 is 9.47 Å². The van der Waals surface area contributed by atoms with E-state index in [1.54, 1.807) is 69.6 Å². The third-order valence-electron chi connectivity index (χ3n) is 6.83. The summed E-state index contributed by atoms with van der Waals surface area (Å²) in [7, 11) is 4.94. The lowest BCUT2D eigenvalue weighted by atomic mass is 10.0. The molecular weight excluding hydrogens is 496 g/mol. The third-order valence-corrected chi connectivity index (χ3v) is 6.83. The van der Waals surface area contributed by atoms with Crippen molar-refractivity contribution in [3.63, 3.8) is 0 Å². The Morgan fingerprint density at radius 2 is 1.92 bits per heavy atom. The zero-order chi connectivity index (χ0) is 27.7. The molecule has 0 N–H and O–H groups in total. The summed E-state index contributed by atoms with van der Waals surface area (Å²) < 4.78 is 18.0. The molecule has 198 valence electrons. The van der Waals surface area contributed by atoms with Gasteiger partial charge in [-0.1, -0.05) is 6.07 Å². The molecule has 1 fully saturated rings. The van der Waals surface area contributed by atoms with E-state index in [2.05, 4.69) is 11.1 Å². The molecular formula is C30H28N4O5. The molecule has 1 aliphatic rings. The number of furan rings is 1.